The van der Waals surface area contributed by atoms with E-state index in [4.69, 9.17) is 11.6 Å². The highest BCUT2D eigenvalue weighted by molar-refractivity contribution is 7.20. The number of benzene rings is 1. The molecule has 25 heavy (non-hydrogen) atoms. The number of amides is 1. The first-order valence-electron chi connectivity index (χ1n) is 8.06. The van der Waals surface area contributed by atoms with Crippen molar-refractivity contribution in [3.8, 4) is 0 Å². The number of nitrogens with zero attached hydrogens (tertiary/aromatic N) is 2. The summed E-state index contributed by atoms with van der Waals surface area (Å²) in [5.41, 5.74) is 1.24. The maximum Gasteiger partial charge on any atom is 0.266 e. The van der Waals surface area contributed by atoms with Gasteiger partial charge in [0.1, 0.15) is 4.83 Å². The normalized spacial score (nSPS) is 11.0. The zero-order valence-electron chi connectivity index (χ0n) is 14.0. The van der Waals surface area contributed by atoms with Gasteiger partial charge in [0, 0.05) is 17.3 Å². The van der Waals surface area contributed by atoms with Crippen molar-refractivity contribution in [1.82, 2.24) is 9.55 Å². The van der Waals surface area contributed by atoms with Crippen molar-refractivity contribution in [2.24, 2.45) is 0 Å². The SMILES string of the molecule is CCCCn1cnc2sc(C(=O)Nc3ccc(Cl)cc3)c(C)c2c1=O. The van der Waals surface area contributed by atoms with Crippen LogP contribution in [0.3, 0.4) is 0 Å². The van der Waals surface area contributed by atoms with E-state index in [1.165, 1.54) is 11.3 Å². The van der Waals surface area contributed by atoms with Gasteiger partial charge in [-0.15, -0.1) is 11.3 Å². The molecule has 2 aromatic heterocycles. The van der Waals surface area contributed by atoms with E-state index in [2.05, 4.69) is 17.2 Å². The largest absolute Gasteiger partial charge is 0.321 e. The summed E-state index contributed by atoms with van der Waals surface area (Å²) in [6, 6.07) is 6.89. The number of hydrogen-bond acceptors (Lipinski definition) is 4. The van der Waals surface area contributed by atoms with Crippen molar-refractivity contribution in [1.29, 1.82) is 0 Å². The number of halogens is 1. The van der Waals surface area contributed by atoms with E-state index in [0.717, 1.165) is 12.8 Å². The van der Waals surface area contributed by atoms with Gasteiger partial charge >= 0.3 is 0 Å². The minimum atomic E-state index is -0.248. The van der Waals surface area contributed by atoms with E-state index in [-0.39, 0.29) is 11.5 Å². The van der Waals surface area contributed by atoms with Crippen LogP contribution in [0.25, 0.3) is 10.2 Å². The molecule has 5 nitrogen and oxygen atoms in total. The molecule has 3 aromatic rings. The average Bonchev–Trinajstić information content (AvgIpc) is 2.94. The second-order valence-electron chi connectivity index (χ2n) is 5.79. The van der Waals surface area contributed by atoms with E-state index in [9.17, 15) is 9.59 Å². The van der Waals surface area contributed by atoms with Crippen molar-refractivity contribution in [2.45, 2.75) is 33.2 Å². The number of fused-ring (bicyclic) bond motifs is 1. The van der Waals surface area contributed by atoms with Gasteiger partial charge in [-0.1, -0.05) is 24.9 Å². The van der Waals surface area contributed by atoms with E-state index in [0.29, 0.717) is 37.9 Å². The summed E-state index contributed by atoms with van der Waals surface area (Å²) in [5, 5.41) is 3.97. The van der Waals surface area contributed by atoms with Gasteiger partial charge in [0.15, 0.2) is 0 Å². The number of hydrogen-bond donors (Lipinski definition) is 1. The van der Waals surface area contributed by atoms with Gasteiger partial charge in [-0.2, -0.15) is 0 Å². The molecule has 0 saturated carbocycles. The summed E-state index contributed by atoms with van der Waals surface area (Å²) in [6.45, 7) is 4.51. The van der Waals surface area contributed by atoms with E-state index >= 15 is 0 Å². The van der Waals surface area contributed by atoms with Crippen molar-refractivity contribution >= 4 is 44.7 Å². The Morgan fingerprint density at radius 3 is 2.72 bits per heavy atom. The Hall–Kier alpha value is -2.18. The molecule has 0 bridgehead atoms. The molecule has 0 radical (unpaired) electrons. The van der Waals surface area contributed by atoms with Gasteiger partial charge in [0.25, 0.3) is 11.5 Å². The van der Waals surface area contributed by atoms with Gasteiger partial charge in [-0.05, 0) is 43.2 Å². The molecule has 0 spiro atoms. The first-order valence-corrected chi connectivity index (χ1v) is 9.26. The van der Waals surface area contributed by atoms with Crippen LogP contribution < -0.4 is 10.9 Å². The summed E-state index contributed by atoms with van der Waals surface area (Å²) < 4.78 is 1.62. The Balaban J connectivity index is 1.95. The van der Waals surface area contributed by atoms with Crippen molar-refractivity contribution < 1.29 is 4.79 Å². The molecule has 1 aromatic carbocycles. The third kappa shape index (κ3) is 3.60. The molecule has 130 valence electrons. The highest BCUT2D eigenvalue weighted by Gasteiger charge is 2.19. The smallest absolute Gasteiger partial charge is 0.266 e. The van der Waals surface area contributed by atoms with Crippen LogP contribution in [0.15, 0.2) is 35.4 Å². The number of thiophene rings is 1. The molecule has 0 saturated heterocycles. The number of unbranched alkanes of at least 4 members (excludes halogenated alkanes) is 1. The Kier molecular flexibility index (Phi) is 5.20. The highest BCUT2D eigenvalue weighted by Crippen LogP contribution is 2.27. The maximum atomic E-state index is 12.7. The van der Waals surface area contributed by atoms with Crippen LogP contribution in [-0.4, -0.2) is 15.5 Å². The lowest BCUT2D eigenvalue weighted by atomic mass is 10.2. The molecular weight excluding hydrogens is 358 g/mol. The maximum absolute atomic E-state index is 12.7. The number of carbonyl (C=O) groups excluding carboxylic acids is 1. The number of carbonyl (C=O) groups is 1. The predicted molar refractivity (Wildman–Crippen MR) is 103 cm³/mol. The Labute approximate surface area is 154 Å². The fraction of sp³-hybridized carbons (Fsp3) is 0.278. The molecular formula is C18H18ClN3O2S. The number of nitrogens with one attached hydrogen (secondary N) is 1. The summed E-state index contributed by atoms with van der Waals surface area (Å²) in [6.07, 6.45) is 3.49. The number of aryl methyl sites for hydroxylation is 2. The molecule has 0 aliphatic rings. The molecule has 1 N–H and O–H groups in total. The van der Waals surface area contributed by atoms with Gasteiger partial charge in [0.05, 0.1) is 16.6 Å². The first kappa shape index (κ1) is 17.6. The summed E-state index contributed by atoms with van der Waals surface area (Å²) in [5.74, 6) is -0.248. The summed E-state index contributed by atoms with van der Waals surface area (Å²) in [7, 11) is 0. The zero-order chi connectivity index (χ0) is 18.0. The molecule has 0 atom stereocenters. The van der Waals surface area contributed by atoms with Gasteiger partial charge in [-0.3, -0.25) is 14.2 Å². The second kappa shape index (κ2) is 7.37. The Morgan fingerprint density at radius 1 is 1.32 bits per heavy atom. The monoisotopic (exact) mass is 375 g/mol. The van der Waals surface area contributed by atoms with Crippen molar-refractivity contribution in [2.75, 3.05) is 5.32 Å². The van der Waals surface area contributed by atoms with Crippen LogP contribution in [0.5, 0.6) is 0 Å². The zero-order valence-corrected chi connectivity index (χ0v) is 15.6. The summed E-state index contributed by atoms with van der Waals surface area (Å²) in [4.78, 5) is 30.7. The molecule has 0 aliphatic carbocycles. The number of aromatic nitrogens is 2. The van der Waals surface area contributed by atoms with E-state index in [1.54, 1.807) is 42.1 Å². The highest BCUT2D eigenvalue weighted by atomic mass is 35.5. The lowest BCUT2D eigenvalue weighted by Crippen LogP contribution is -2.20. The molecule has 3 rings (SSSR count). The lowest BCUT2D eigenvalue weighted by Gasteiger charge is -2.05. The molecule has 0 fully saturated rings. The first-order chi connectivity index (χ1) is 12.0. The van der Waals surface area contributed by atoms with Crippen LogP contribution in [-0.2, 0) is 6.54 Å². The fourth-order valence-corrected chi connectivity index (χ4v) is 3.75. The fourth-order valence-electron chi connectivity index (χ4n) is 2.58. The van der Waals surface area contributed by atoms with Crippen LogP contribution in [0.4, 0.5) is 5.69 Å². The van der Waals surface area contributed by atoms with E-state index in [1.807, 2.05) is 0 Å². The third-order valence-corrected chi connectivity index (χ3v) is 5.43. The third-order valence-electron chi connectivity index (χ3n) is 3.98. The molecule has 7 heteroatoms. The number of rotatable bonds is 5. The average molecular weight is 376 g/mol. The molecule has 0 unspecified atom stereocenters. The van der Waals surface area contributed by atoms with Crippen molar-refractivity contribution in [3.05, 3.63) is 56.4 Å². The van der Waals surface area contributed by atoms with Crippen LogP contribution >= 0.6 is 22.9 Å². The quantitative estimate of drug-likeness (QED) is 0.715. The van der Waals surface area contributed by atoms with Gasteiger partial charge in [-0.25, -0.2) is 4.98 Å². The van der Waals surface area contributed by atoms with Crippen molar-refractivity contribution in [3.63, 3.8) is 0 Å². The molecule has 0 aliphatic heterocycles. The Morgan fingerprint density at radius 2 is 2.04 bits per heavy atom. The minimum absolute atomic E-state index is 0.0854. The topological polar surface area (TPSA) is 64.0 Å². The molecule has 2 heterocycles. The van der Waals surface area contributed by atoms with Gasteiger partial charge < -0.3 is 5.32 Å². The molecule has 1 amide bonds. The van der Waals surface area contributed by atoms with E-state index < -0.39 is 0 Å². The van der Waals surface area contributed by atoms with Crippen LogP contribution in [0.1, 0.15) is 35.0 Å². The van der Waals surface area contributed by atoms with Crippen LogP contribution in [0, 0.1) is 6.92 Å². The number of anilines is 1. The lowest BCUT2D eigenvalue weighted by molar-refractivity contribution is 0.103. The second-order valence-corrected chi connectivity index (χ2v) is 7.23. The Bertz CT molecular complexity index is 976. The summed E-state index contributed by atoms with van der Waals surface area (Å²) >= 11 is 7.09. The van der Waals surface area contributed by atoms with Gasteiger partial charge in [0.2, 0.25) is 0 Å². The predicted octanol–water partition coefficient (Wildman–Crippen LogP) is 4.47. The standard InChI is InChI=1S/C18H18ClN3O2S/c1-3-4-9-22-10-20-17-14(18(22)24)11(2)15(25-17)16(23)21-13-7-5-12(19)6-8-13/h5-8,10H,3-4,9H2,1-2H3,(H,21,23). The van der Waals surface area contributed by atoms with Crippen LogP contribution in [0.2, 0.25) is 5.02 Å². The minimum Gasteiger partial charge on any atom is -0.321 e.